The maximum Gasteiger partial charge on any atom is 0.169 e. The van der Waals surface area contributed by atoms with E-state index in [1.807, 2.05) is 0 Å². The first-order valence-corrected chi connectivity index (χ1v) is 6.92. The summed E-state index contributed by atoms with van der Waals surface area (Å²) in [4.78, 5) is 2.29. The van der Waals surface area contributed by atoms with E-state index in [4.69, 9.17) is 12.2 Å². The summed E-state index contributed by atoms with van der Waals surface area (Å²) < 4.78 is 0. The molecule has 0 spiro atoms. The topological polar surface area (TPSA) is 15.3 Å². The molecule has 2 saturated carbocycles. The van der Waals surface area contributed by atoms with Crippen LogP contribution < -0.4 is 5.32 Å². The lowest BCUT2D eigenvalue weighted by Gasteiger charge is -2.39. The van der Waals surface area contributed by atoms with Crippen LogP contribution in [0.1, 0.15) is 52.4 Å². The summed E-state index contributed by atoms with van der Waals surface area (Å²) in [5.74, 6) is 0. The minimum atomic E-state index is 0.545. The van der Waals surface area contributed by atoms with Gasteiger partial charge in [-0.05, 0) is 56.2 Å². The van der Waals surface area contributed by atoms with Crippen molar-refractivity contribution >= 4 is 17.3 Å². The average molecular weight is 240 g/mol. The van der Waals surface area contributed by atoms with Crippen molar-refractivity contribution in [3.05, 3.63) is 0 Å². The molecule has 3 heteroatoms. The fourth-order valence-electron chi connectivity index (χ4n) is 2.44. The Kier molecular flexibility index (Phi) is 3.43. The highest BCUT2D eigenvalue weighted by Gasteiger charge is 2.31. The average Bonchev–Trinajstić information content (AvgIpc) is 3.00. The zero-order valence-corrected chi connectivity index (χ0v) is 11.6. The lowest BCUT2D eigenvalue weighted by molar-refractivity contribution is 0.168. The van der Waals surface area contributed by atoms with E-state index in [-0.39, 0.29) is 0 Å². The van der Waals surface area contributed by atoms with Crippen LogP contribution in [0.4, 0.5) is 0 Å². The Morgan fingerprint density at radius 2 is 1.75 bits per heavy atom. The summed E-state index contributed by atoms with van der Waals surface area (Å²) in [6.07, 6.45) is 7.82. The molecule has 0 unspecified atom stereocenters. The summed E-state index contributed by atoms with van der Waals surface area (Å²) in [6.45, 7) is 4.76. The van der Waals surface area contributed by atoms with Gasteiger partial charge in [0, 0.05) is 19.1 Å². The van der Waals surface area contributed by atoms with Crippen LogP contribution in [-0.2, 0) is 0 Å². The Balaban J connectivity index is 1.80. The van der Waals surface area contributed by atoms with E-state index in [1.165, 1.54) is 38.5 Å². The van der Waals surface area contributed by atoms with Crippen LogP contribution in [0.25, 0.3) is 0 Å². The van der Waals surface area contributed by atoms with E-state index >= 15 is 0 Å². The molecule has 92 valence electrons. The predicted octanol–water partition coefficient (Wildman–Crippen LogP) is 2.92. The van der Waals surface area contributed by atoms with Gasteiger partial charge in [0.25, 0.3) is 0 Å². The van der Waals surface area contributed by atoms with Crippen molar-refractivity contribution in [1.29, 1.82) is 0 Å². The maximum atomic E-state index is 5.45. The number of nitrogens with one attached hydrogen (secondary N) is 1. The number of rotatable bonds is 2. The molecule has 16 heavy (non-hydrogen) atoms. The third kappa shape index (κ3) is 3.09. The standard InChI is InChI=1S/C13H24N2S/c1-13(2)8-6-11(7-9-13)15(3)12(16)14-10-4-5-10/h10-11H,4-9H2,1-3H3,(H,14,16). The van der Waals surface area contributed by atoms with Crippen LogP contribution in [0.3, 0.4) is 0 Å². The summed E-state index contributed by atoms with van der Waals surface area (Å²) in [5.41, 5.74) is 0.545. The van der Waals surface area contributed by atoms with E-state index in [0.717, 1.165) is 5.11 Å². The maximum absolute atomic E-state index is 5.45. The molecule has 0 aromatic heterocycles. The molecule has 1 N–H and O–H groups in total. The quantitative estimate of drug-likeness (QED) is 0.747. The van der Waals surface area contributed by atoms with Gasteiger partial charge in [0.05, 0.1) is 0 Å². The SMILES string of the molecule is CN(C(=S)NC1CC1)C1CCC(C)(C)CC1. The highest BCUT2D eigenvalue weighted by Crippen LogP contribution is 2.36. The molecular weight excluding hydrogens is 216 g/mol. The normalized spacial score (nSPS) is 25.2. The number of thiocarbonyl (C=S) groups is 1. The molecule has 0 radical (unpaired) electrons. The summed E-state index contributed by atoms with van der Waals surface area (Å²) in [7, 11) is 2.15. The molecule has 2 aliphatic carbocycles. The van der Waals surface area contributed by atoms with Gasteiger partial charge in [-0.15, -0.1) is 0 Å². The number of nitrogens with zero attached hydrogens (tertiary/aromatic N) is 1. The minimum absolute atomic E-state index is 0.545. The Bertz CT molecular complexity index is 261. The lowest BCUT2D eigenvalue weighted by Crippen LogP contribution is -2.46. The van der Waals surface area contributed by atoms with Gasteiger partial charge in [-0.25, -0.2) is 0 Å². The van der Waals surface area contributed by atoms with Gasteiger partial charge < -0.3 is 10.2 Å². The van der Waals surface area contributed by atoms with Gasteiger partial charge in [0.15, 0.2) is 5.11 Å². The van der Waals surface area contributed by atoms with Crippen LogP contribution in [0.5, 0.6) is 0 Å². The molecule has 0 bridgehead atoms. The van der Waals surface area contributed by atoms with E-state index in [2.05, 4.69) is 31.1 Å². The third-order valence-electron chi connectivity index (χ3n) is 4.08. The first kappa shape index (κ1) is 12.2. The summed E-state index contributed by atoms with van der Waals surface area (Å²) in [6, 6.07) is 1.33. The Morgan fingerprint density at radius 3 is 2.25 bits per heavy atom. The summed E-state index contributed by atoms with van der Waals surface area (Å²) in [5, 5.41) is 4.39. The largest absolute Gasteiger partial charge is 0.360 e. The van der Waals surface area contributed by atoms with Crippen molar-refractivity contribution in [2.75, 3.05) is 7.05 Å². The first-order valence-electron chi connectivity index (χ1n) is 6.51. The van der Waals surface area contributed by atoms with Crippen LogP contribution in [0, 0.1) is 5.41 Å². The highest BCUT2D eigenvalue weighted by molar-refractivity contribution is 7.80. The lowest BCUT2D eigenvalue weighted by atomic mass is 9.75. The minimum Gasteiger partial charge on any atom is -0.360 e. The van der Waals surface area contributed by atoms with Crippen molar-refractivity contribution in [1.82, 2.24) is 10.2 Å². The molecule has 2 rings (SSSR count). The molecular formula is C13H24N2S. The van der Waals surface area contributed by atoms with E-state index in [9.17, 15) is 0 Å². The zero-order chi connectivity index (χ0) is 11.8. The number of hydrogen-bond acceptors (Lipinski definition) is 1. The van der Waals surface area contributed by atoms with Crippen LogP contribution in [-0.4, -0.2) is 29.1 Å². The molecule has 2 nitrogen and oxygen atoms in total. The second-order valence-electron chi connectivity index (χ2n) is 6.23. The molecule has 0 aromatic rings. The molecule has 0 amide bonds. The smallest absolute Gasteiger partial charge is 0.169 e. The van der Waals surface area contributed by atoms with Gasteiger partial charge in [-0.2, -0.15) is 0 Å². The van der Waals surface area contributed by atoms with E-state index in [1.54, 1.807) is 0 Å². The predicted molar refractivity (Wildman–Crippen MR) is 72.6 cm³/mol. The van der Waals surface area contributed by atoms with Crippen molar-refractivity contribution < 1.29 is 0 Å². The Hall–Kier alpha value is -0.310. The first-order chi connectivity index (χ1) is 7.48. The van der Waals surface area contributed by atoms with E-state index < -0.39 is 0 Å². The van der Waals surface area contributed by atoms with Crippen LogP contribution >= 0.6 is 12.2 Å². The molecule has 2 aliphatic rings. The van der Waals surface area contributed by atoms with Crippen molar-refractivity contribution in [2.24, 2.45) is 5.41 Å². The zero-order valence-electron chi connectivity index (χ0n) is 10.8. The Labute approximate surface area is 105 Å². The fraction of sp³-hybridized carbons (Fsp3) is 0.923. The second-order valence-corrected chi connectivity index (χ2v) is 6.62. The molecule has 0 atom stereocenters. The van der Waals surface area contributed by atoms with Crippen molar-refractivity contribution in [2.45, 2.75) is 64.5 Å². The fourth-order valence-corrected chi connectivity index (χ4v) is 2.76. The monoisotopic (exact) mass is 240 g/mol. The van der Waals surface area contributed by atoms with Gasteiger partial charge >= 0.3 is 0 Å². The molecule has 0 heterocycles. The third-order valence-corrected chi connectivity index (χ3v) is 4.49. The van der Waals surface area contributed by atoms with E-state index in [0.29, 0.717) is 17.5 Å². The van der Waals surface area contributed by atoms with Crippen LogP contribution in [0.15, 0.2) is 0 Å². The van der Waals surface area contributed by atoms with Crippen molar-refractivity contribution in [3.63, 3.8) is 0 Å². The van der Waals surface area contributed by atoms with Gasteiger partial charge in [0.2, 0.25) is 0 Å². The molecule has 0 aliphatic heterocycles. The second kappa shape index (κ2) is 4.52. The molecule has 0 aromatic carbocycles. The number of hydrogen-bond donors (Lipinski definition) is 1. The Morgan fingerprint density at radius 1 is 1.19 bits per heavy atom. The molecule has 2 fully saturated rings. The molecule has 0 saturated heterocycles. The van der Waals surface area contributed by atoms with Gasteiger partial charge in [0.1, 0.15) is 0 Å². The summed E-state index contributed by atoms with van der Waals surface area (Å²) >= 11 is 5.45. The van der Waals surface area contributed by atoms with Crippen molar-refractivity contribution in [3.8, 4) is 0 Å². The van der Waals surface area contributed by atoms with Gasteiger partial charge in [-0.1, -0.05) is 13.8 Å². The van der Waals surface area contributed by atoms with Crippen LogP contribution in [0.2, 0.25) is 0 Å². The highest BCUT2D eigenvalue weighted by atomic mass is 32.1. The van der Waals surface area contributed by atoms with Gasteiger partial charge in [-0.3, -0.25) is 0 Å².